The van der Waals surface area contributed by atoms with E-state index in [-0.39, 0.29) is 46.8 Å². The molecule has 0 bridgehead atoms. The first-order valence-corrected chi connectivity index (χ1v) is 11.7. The van der Waals surface area contributed by atoms with Crippen molar-refractivity contribution in [3.05, 3.63) is 51.1 Å². The van der Waals surface area contributed by atoms with Gasteiger partial charge >= 0.3 is 0 Å². The number of likely N-dealkylation sites (tertiary alicyclic amines) is 1. The van der Waals surface area contributed by atoms with Crippen molar-refractivity contribution in [2.24, 2.45) is 0 Å². The Bertz CT molecular complexity index is 1270. The van der Waals surface area contributed by atoms with E-state index in [1.54, 1.807) is 0 Å². The van der Waals surface area contributed by atoms with Crippen molar-refractivity contribution in [2.45, 2.75) is 31.2 Å². The number of benzene rings is 2. The molecular weight excluding hydrogens is 444 g/mol. The number of fused-ring (bicyclic) bond motifs is 1. The Morgan fingerprint density at radius 2 is 1.85 bits per heavy atom. The van der Waals surface area contributed by atoms with E-state index in [1.165, 1.54) is 12.1 Å². The summed E-state index contributed by atoms with van der Waals surface area (Å²) in [5.74, 6) is -0.485. The van der Waals surface area contributed by atoms with Gasteiger partial charge in [0.15, 0.2) is 5.43 Å². The Labute approximate surface area is 196 Å². The Balaban J connectivity index is 1.67. The lowest BCUT2D eigenvalue weighted by Crippen LogP contribution is -2.32. The molecule has 8 heteroatoms. The third-order valence-electron chi connectivity index (χ3n) is 7.07. The molecular formula is C25H27ClN2O5. The number of rotatable bonds is 4. The highest BCUT2D eigenvalue weighted by Crippen LogP contribution is 2.44. The summed E-state index contributed by atoms with van der Waals surface area (Å²) in [7, 11) is 1.91. The third-order valence-corrected chi connectivity index (χ3v) is 7.38. The Hall–Kier alpha value is -2.74. The summed E-state index contributed by atoms with van der Waals surface area (Å²) in [6, 6.07) is 7.94. The summed E-state index contributed by atoms with van der Waals surface area (Å²) in [5.41, 5.74) is 1.73. The van der Waals surface area contributed by atoms with Crippen molar-refractivity contribution in [3.8, 4) is 22.8 Å². The molecule has 2 fully saturated rings. The molecule has 2 atom stereocenters. The lowest BCUT2D eigenvalue weighted by molar-refractivity contribution is 0.172. The zero-order chi connectivity index (χ0) is 23.3. The van der Waals surface area contributed by atoms with Gasteiger partial charge in [0.1, 0.15) is 28.2 Å². The molecule has 0 radical (unpaired) electrons. The molecule has 7 nitrogen and oxygen atoms in total. The van der Waals surface area contributed by atoms with Crippen molar-refractivity contribution in [1.82, 2.24) is 4.90 Å². The zero-order valence-electron chi connectivity index (χ0n) is 18.4. The van der Waals surface area contributed by atoms with Gasteiger partial charge in [-0.2, -0.15) is 0 Å². The van der Waals surface area contributed by atoms with E-state index >= 15 is 0 Å². The fourth-order valence-electron chi connectivity index (χ4n) is 5.30. The number of aliphatic hydroxyl groups excluding tert-OH is 1. The van der Waals surface area contributed by atoms with Gasteiger partial charge in [0.05, 0.1) is 11.6 Å². The first-order chi connectivity index (χ1) is 15.9. The molecule has 174 valence electrons. The average molecular weight is 471 g/mol. The molecule has 3 heterocycles. The van der Waals surface area contributed by atoms with Crippen molar-refractivity contribution >= 4 is 28.3 Å². The molecule has 3 N–H and O–H groups in total. The number of likely N-dealkylation sites (N-methyl/N-ethyl adjacent to an activating group) is 1. The minimum atomic E-state index is -0.420. The lowest BCUT2D eigenvalue weighted by Gasteiger charge is -2.24. The first kappa shape index (κ1) is 22.1. The van der Waals surface area contributed by atoms with Crippen LogP contribution in [0.3, 0.4) is 0 Å². The van der Waals surface area contributed by atoms with Crippen LogP contribution < -0.4 is 10.3 Å². The highest BCUT2D eigenvalue weighted by atomic mass is 35.5. The molecule has 5 rings (SSSR count). The van der Waals surface area contributed by atoms with Crippen molar-refractivity contribution in [2.75, 3.05) is 38.2 Å². The number of hydrogen-bond acceptors (Lipinski definition) is 7. The van der Waals surface area contributed by atoms with Crippen LogP contribution in [0.5, 0.6) is 11.5 Å². The summed E-state index contributed by atoms with van der Waals surface area (Å²) in [4.78, 5) is 17.3. The Kier molecular flexibility index (Phi) is 5.72. The van der Waals surface area contributed by atoms with Gasteiger partial charge in [-0.05, 0) is 51.1 Å². The number of phenols is 2. The van der Waals surface area contributed by atoms with E-state index < -0.39 is 5.43 Å². The summed E-state index contributed by atoms with van der Waals surface area (Å²) in [6.45, 7) is 2.61. The number of phenolic OH excluding ortho intramolecular Hbond substituents is 2. The lowest BCUT2D eigenvalue weighted by atomic mass is 9.89. The molecule has 2 aliphatic rings. The molecule has 33 heavy (non-hydrogen) atoms. The standard InChI is InChI=1S/C25H27ClN2O5/c1-27-9-6-16(18(27)13-29)23-19(30)11-20(31)24-21(32)12-22(33-25(23)24)15-5-4-14(10-17(15)26)28-7-2-3-8-28/h4-5,10-12,16,18,29-31H,2-3,6-9,13H2,1H3. The number of nitrogens with zero attached hydrogens (tertiary/aromatic N) is 2. The van der Waals surface area contributed by atoms with Crippen LogP contribution >= 0.6 is 11.6 Å². The van der Waals surface area contributed by atoms with Crippen LogP contribution in [0.2, 0.25) is 5.02 Å². The predicted octanol–water partition coefficient (Wildman–Crippen LogP) is 3.90. The largest absolute Gasteiger partial charge is 0.507 e. The zero-order valence-corrected chi connectivity index (χ0v) is 19.2. The van der Waals surface area contributed by atoms with Crippen molar-refractivity contribution in [1.29, 1.82) is 0 Å². The number of hydrogen-bond donors (Lipinski definition) is 3. The summed E-state index contributed by atoms with van der Waals surface area (Å²) >= 11 is 6.61. The summed E-state index contributed by atoms with van der Waals surface area (Å²) in [5, 5.41) is 31.6. The number of aromatic hydroxyl groups is 2. The second-order valence-corrected chi connectivity index (χ2v) is 9.40. The molecule has 1 aromatic heterocycles. The van der Waals surface area contributed by atoms with E-state index in [0.29, 0.717) is 22.6 Å². The van der Waals surface area contributed by atoms with Gasteiger partial charge in [0.2, 0.25) is 0 Å². The Morgan fingerprint density at radius 3 is 2.55 bits per heavy atom. The molecule has 0 saturated carbocycles. The van der Waals surface area contributed by atoms with Crippen LogP contribution in [0.15, 0.2) is 39.5 Å². The van der Waals surface area contributed by atoms with E-state index in [1.807, 2.05) is 30.1 Å². The normalized spacial score (nSPS) is 21.4. The summed E-state index contributed by atoms with van der Waals surface area (Å²) in [6.07, 6.45) is 2.98. The van der Waals surface area contributed by atoms with Gasteiger partial charge in [0, 0.05) is 54.0 Å². The van der Waals surface area contributed by atoms with Crippen LogP contribution in [-0.2, 0) is 0 Å². The van der Waals surface area contributed by atoms with E-state index in [9.17, 15) is 20.1 Å². The van der Waals surface area contributed by atoms with Gasteiger partial charge in [-0.3, -0.25) is 4.79 Å². The van der Waals surface area contributed by atoms with Crippen LogP contribution in [0.4, 0.5) is 5.69 Å². The Morgan fingerprint density at radius 1 is 1.09 bits per heavy atom. The number of anilines is 1. The monoisotopic (exact) mass is 470 g/mol. The van der Waals surface area contributed by atoms with Gasteiger partial charge < -0.3 is 29.5 Å². The maximum absolute atomic E-state index is 13.1. The molecule has 2 unspecified atom stereocenters. The maximum atomic E-state index is 13.1. The summed E-state index contributed by atoms with van der Waals surface area (Å²) < 4.78 is 6.19. The van der Waals surface area contributed by atoms with Gasteiger partial charge in [-0.25, -0.2) is 0 Å². The smallest absolute Gasteiger partial charge is 0.197 e. The molecule has 0 amide bonds. The topological polar surface area (TPSA) is 97.4 Å². The number of halogens is 1. The van der Waals surface area contributed by atoms with Crippen LogP contribution in [-0.4, -0.2) is 59.6 Å². The first-order valence-electron chi connectivity index (χ1n) is 11.3. The highest BCUT2D eigenvalue weighted by molar-refractivity contribution is 6.33. The quantitative estimate of drug-likeness (QED) is 0.532. The fourth-order valence-corrected chi connectivity index (χ4v) is 5.57. The maximum Gasteiger partial charge on any atom is 0.197 e. The van der Waals surface area contributed by atoms with E-state index in [2.05, 4.69) is 4.90 Å². The minimum Gasteiger partial charge on any atom is -0.507 e. The molecule has 0 aliphatic carbocycles. The number of aliphatic hydroxyl groups is 1. The molecule has 2 aromatic carbocycles. The van der Waals surface area contributed by atoms with Gasteiger partial charge in [-0.1, -0.05) is 11.6 Å². The molecule has 0 spiro atoms. The van der Waals surface area contributed by atoms with Crippen molar-refractivity contribution < 1.29 is 19.7 Å². The third kappa shape index (κ3) is 3.74. The SMILES string of the molecule is CN1CCC(c2c(O)cc(O)c3c(=O)cc(-c4ccc(N5CCCC5)cc4Cl)oc23)C1CO. The van der Waals surface area contributed by atoms with Crippen LogP contribution in [0.1, 0.15) is 30.7 Å². The fraction of sp³-hybridized carbons (Fsp3) is 0.400. The van der Waals surface area contributed by atoms with Gasteiger partial charge in [-0.15, -0.1) is 0 Å². The molecule has 3 aromatic rings. The van der Waals surface area contributed by atoms with E-state index in [4.69, 9.17) is 16.0 Å². The van der Waals surface area contributed by atoms with Crippen molar-refractivity contribution in [3.63, 3.8) is 0 Å². The second-order valence-electron chi connectivity index (χ2n) is 8.99. The average Bonchev–Trinajstić information content (AvgIpc) is 3.43. The van der Waals surface area contributed by atoms with Gasteiger partial charge in [0.25, 0.3) is 0 Å². The minimum absolute atomic E-state index is 0.0163. The predicted molar refractivity (Wildman–Crippen MR) is 129 cm³/mol. The highest BCUT2D eigenvalue weighted by Gasteiger charge is 2.36. The molecule has 2 saturated heterocycles. The second kappa shape index (κ2) is 8.56. The molecule has 2 aliphatic heterocycles. The van der Waals surface area contributed by atoms with Crippen LogP contribution in [0, 0.1) is 0 Å². The van der Waals surface area contributed by atoms with Crippen LogP contribution in [0.25, 0.3) is 22.3 Å². The van der Waals surface area contributed by atoms with E-state index in [0.717, 1.165) is 38.2 Å².